The molecule has 0 aliphatic heterocycles. The van der Waals surface area contributed by atoms with E-state index in [0.717, 1.165) is 51.4 Å². The van der Waals surface area contributed by atoms with Gasteiger partial charge in [0.15, 0.2) is 6.10 Å². The van der Waals surface area contributed by atoms with Crippen molar-refractivity contribution in [2.24, 2.45) is 5.41 Å². The van der Waals surface area contributed by atoms with E-state index in [-0.39, 0.29) is 43.5 Å². The van der Waals surface area contributed by atoms with Crippen LogP contribution < -0.4 is 16.0 Å². The van der Waals surface area contributed by atoms with Crippen LogP contribution in [0.1, 0.15) is 157 Å². The summed E-state index contributed by atoms with van der Waals surface area (Å²) in [6, 6.07) is -0.255. The van der Waals surface area contributed by atoms with Gasteiger partial charge in [0.1, 0.15) is 6.61 Å². The van der Waals surface area contributed by atoms with Gasteiger partial charge >= 0.3 is 11.9 Å². The summed E-state index contributed by atoms with van der Waals surface area (Å²) in [7, 11) is 0. The predicted octanol–water partition coefficient (Wildman–Crippen LogP) is 6.59. The maximum Gasteiger partial charge on any atom is 0.303 e. The number of amides is 3. The summed E-state index contributed by atoms with van der Waals surface area (Å²) < 4.78 is 10.3. The minimum Gasteiger partial charge on any atom is -0.465 e. The van der Waals surface area contributed by atoms with Gasteiger partial charge in [-0.15, -0.1) is 0 Å². The second kappa shape index (κ2) is 25.2. The van der Waals surface area contributed by atoms with E-state index in [1.165, 1.54) is 71.6 Å². The second-order valence-electron chi connectivity index (χ2n) is 13.8. The van der Waals surface area contributed by atoms with E-state index in [1.54, 1.807) is 13.8 Å². The number of carbonyl (C=O) groups excluding carboxylic acids is 5. The molecule has 10 nitrogen and oxygen atoms in total. The molecular formula is C37H65N3O7. The number of ether oxygens (including phenoxy) is 2. The van der Waals surface area contributed by atoms with Crippen molar-refractivity contribution < 1.29 is 33.4 Å². The molecule has 0 bridgehead atoms. The van der Waals surface area contributed by atoms with E-state index in [4.69, 9.17) is 9.47 Å². The van der Waals surface area contributed by atoms with Gasteiger partial charge in [0.05, 0.1) is 0 Å². The van der Waals surface area contributed by atoms with Gasteiger partial charge in [0.2, 0.25) is 11.8 Å². The first-order valence-electron chi connectivity index (χ1n) is 18.3. The highest BCUT2D eigenvalue weighted by Gasteiger charge is 2.39. The minimum absolute atomic E-state index is 0.0360. The van der Waals surface area contributed by atoms with Gasteiger partial charge in [-0.25, -0.2) is 0 Å². The summed E-state index contributed by atoms with van der Waals surface area (Å²) in [5.74, 6) is -1.90. The molecule has 1 aliphatic rings. The fraction of sp³-hybridized carbons (Fsp3) is 0.811. The number of unbranched alkanes of at least 4 members (excludes halogenated alkanes) is 11. The second-order valence-corrected chi connectivity index (χ2v) is 13.8. The first-order valence-corrected chi connectivity index (χ1v) is 18.3. The highest BCUT2D eigenvalue weighted by molar-refractivity contribution is 5.85. The van der Waals surface area contributed by atoms with Gasteiger partial charge in [-0.1, -0.05) is 97.1 Å². The van der Waals surface area contributed by atoms with Crippen LogP contribution in [-0.2, 0) is 33.4 Å². The largest absolute Gasteiger partial charge is 0.465 e. The lowest BCUT2D eigenvalue weighted by atomic mass is 9.86. The molecule has 1 rings (SSSR count). The summed E-state index contributed by atoms with van der Waals surface area (Å²) >= 11 is 0. The van der Waals surface area contributed by atoms with E-state index in [2.05, 4.69) is 35.0 Å². The molecule has 1 aliphatic carbocycles. The first kappa shape index (κ1) is 42.1. The molecule has 0 radical (unpaired) electrons. The number of rotatable bonds is 25. The van der Waals surface area contributed by atoms with E-state index in [1.807, 2.05) is 0 Å². The van der Waals surface area contributed by atoms with Gasteiger partial charge in [-0.2, -0.15) is 0 Å². The topological polar surface area (TPSA) is 140 Å². The molecule has 3 unspecified atom stereocenters. The van der Waals surface area contributed by atoms with Crippen molar-refractivity contribution in [2.75, 3.05) is 13.2 Å². The van der Waals surface area contributed by atoms with E-state index in [0.29, 0.717) is 6.42 Å². The molecule has 0 aromatic carbocycles. The third-order valence-electron chi connectivity index (χ3n) is 8.65. The molecule has 270 valence electrons. The van der Waals surface area contributed by atoms with E-state index >= 15 is 0 Å². The quantitative estimate of drug-likeness (QED) is 0.0568. The number of hydrogen-bond donors (Lipinski definition) is 3. The Kier molecular flexibility index (Phi) is 22.5. The fourth-order valence-corrected chi connectivity index (χ4v) is 5.88. The molecule has 47 heavy (non-hydrogen) atoms. The van der Waals surface area contributed by atoms with Crippen LogP contribution in [0.5, 0.6) is 0 Å². The Bertz CT molecular complexity index is 966. The Balaban J connectivity index is 2.30. The standard InChI is InChI=1S/C37H65N3O7/c1-6-7-8-9-10-11-12-13-14-15-16-17-18-19-20-25-33(43)39-31-23-21-22-24-32(31)40-34(44)26-27-38-36(45)35(47-30(3)42)37(4,5)28-46-29(2)41/h13-14,31-32,35H,6-12,15-28H2,1-5H3,(H,38,45)(H,39,43)(H,40,44)/b14-13-. The zero-order valence-corrected chi connectivity index (χ0v) is 30.1. The zero-order valence-electron chi connectivity index (χ0n) is 30.1. The normalized spacial score (nSPS) is 17.1. The van der Waals surface area contributed by atoms with Gasteiger partial charge in [-0.05, 0) is 44.9 Å². The Morgan fingerprint density at radius 3 is 1.77 bits per heavy atom. The maximum atomic E-state index is 12.9. The molecule has 0 spiro atoms. The smallest absolute Gasteiger partial charge is 0.303 e. The van der Waals surface area contributed by atoms with Gasteiger partial charge in [0, 0.05) is 50.7 Å². The zero-order chi connectivity index (χ0) is 34.9. The van der Waals surface area contributed by atoms with Crippen LogP contribution in [0.15, 0.2) is 12.2 Å². The van der Waals surface area contributed by atoms with Crippen LogP contribution in [0.3, 0.4) is 0 Å². The first-order chi connectivity index (χ1) is 22.5. The van der Waals surface area contributed by atoms with Crippen molar-refractivity contribution in [3.63, 3.8) is 0 Å². The summed E-state index contributed by atoms with van der Waals surface area (Å²) in [6.45, 7) is 7.97. The Labute approximate surface area is 284 Å². The van der Waals surface area contributed by atoms with Crippen molar-refractivity contribution >= 4 is 29.7 Å². The number of nitrogens with one attached hydrogen (secondary N) is 3. The van der Waals surface area contributed by atoms with E-state index in [9.17, 15) is 24.0 Å². The van der Waals surface area contributed by atoms with Gasteiger partial charge in [-0.3, -0.25) is 24.0 Å². The summed E-state index contributed by atoms with van der Waals surface area (Å²) in [6.07, 6.45) is 23.4. The van der Waals surface area contributed by atoms with Crippen LogP contribution >= 0.6 is 0 Å². The predicted molar refractivity (Wildman–Crippen MR) is 185 cm³/mol. The third kappa shape index (κ3) is 20.8. The molecule has 1 fully saturated rings. The van der Waals surface area contributed by atoms with Crippen molar-refractivity contribution in [1.29, 1.82) is 0 Å². The minimum atomic E-state index is -1.19. The number of hydrogen-bond acceptors (Lipinski definition) is 7. The summed E-state index contributed by atoms with van der Waals surface area (Å²) in [4.78, 5) is 61.2. The lowest BCUT2D eigenvalue weighted by molar-refractivity contribution is -0.166. The van der Waals surface area contributed by atoms with Crippen molar-refractivity contribution in [2.45, 2.75) is 175 Å². The molecule has 0 aromatic rings. The van der Waals surface area contributed by atoms with Crippen LogP contribution in [0, 0.1) is 5.41 Å². The lowest BCUT2D eigenvalue weighted by Gasteiger charge is -2.33. The number of carbonyl (C=O) groups is 5. The molecule has 3 N–H and O–H groups in total. The fourth-order valence-electron chi connectivity index (χ4n) is 5.88. The molecule has 0 aromatic heterocycles. The Morgan fingerprint density at radius 2 is 1.23 bits per heavy atom. The van der Waals surface area contributed by atoms with Crippen LogP contribution in [0.25, 0.3) is 0 Å². The average Bonchev–Trinajstić information content (AvgIpc) is 3.01. The van der Waals surface area contributed by atoms with Crippen molar-refractivity contribution in [3.8, 4) is 0 Å². The SMILES string of the molecule is CCCCCCCC/C=C\CCCCCCCC(=O)NC1CCCCC1NC(=O)CCNC(=O)C(OC(C)=O)C(C)(C)COC(C)=O. The van der Waals surface area contributed by atoms with Gasteiger partial charge < -0.3 is 25.4 Å². The van der Waals surface area contributed by atoms with Crippen LogP contribution in [-0.4, -0.2) is 61.0 Å². The van der Waals surface area contributed by atoms with Crippen molar-refractivity contribution in [3.05, 3.63) is 12.2 Å². The Hall–Kier alpha value is -2.91. The highest BCUT2D eigenvalue weighted by atomic mass is 16.6. The lowest BCUT2D eigenvalue weighted by Crippen LogP contribution is -2.53. The molecule has 10 heteroatoms. The monoisotopic (exact) mass is 663 g/mol. The van der Waals surface area contributed by atoms with E-state index < -0.39 is 29.4 Å². The molecule has 0 heterocycles. The molecule has 0 saturated heterocycles. The maximum absolute atomic E-state index is 12.9. The van der Waals surface area contributed by atoms with Crippen molar-refractivity contribution in [1.82, 2.24) is 16.0 Å². The average molecular weight is 664 g/mol. The Morgan fingerprint density at radius 1 is 0.723 bits per heavy atom. The third-order valence-corrected chi connectivity index (χ3v) is 8.65. The summed E-state index contributed by atoms with van der Waals surface area (Å²) in [5.41, 5.74) is -0.971. The molecule has 3 amide bonds. The molecular weight excluding hydrogens is 598 g/mol. The number of allylic oxidation sites excluding steroid dienone is 2. The molecule has 1 saturated carbocycles. The highest BCUT2D eigenvalue weighted by Crippen LogP contribution is 2.25. The summed E-state index contributed by atoms with van der Waals surface area (Å²) in [5, 5.41) is 8.86. The van der Waals surface area contributed by atoms with Crippen LogP contribution in [0.4, 0.5) is 0 Å². The van der Waals surface area contributed by atoms with Crippen LogP contribution in [0.2, 0.25) is 0 Å². The number of esters is 2. The molecule has 3 atom stereocenters. The van der Waals surface area contributed by atoms with Gasteiger partial charge in [0.25, 0.3) is 5.91 Å².